The van der Waals surface area contributed by atoms with Crippen LogP contribution in [0.5, 0.6) is 5.75 Å². The molecule has 0 fully saturated rings. The van der Waals surface area contributed by atoms with E-state index in [4.69, 9.17) is 14.2 Å². The number of carbonyl (C=O) groups is 2. The van der Waals surface area contributed by atoms with Gasteiger partial charge in [-0.1, -0.05) is 42.5 Å². The smallest absolute Gasteiger partial charge is 0.338 e. The molecule has 0 aromatic heterocycles. The molecule has 1 unspecified atom stereocenters. The first-order chi connectivity index (χ1) is 15.0. The number of methoxy groups -OCH3 is 1. The quantitative estimate of drug-likeness (QED) is 0.620. The van der Waals surface area contributed by atoms with Gasteiger partial charge in [-0.2, -0.15) is 0 Å². The number of nitrogens with zero attached hydrogens (tertiary/aromatic N) is 1. The number of benzene rings is 2. The molecule has 1 atom stereocenters. The summed E-state index contributed by atoms with van der Waals surface area (Å²) in [5.74, 6) is 0.196. The van der Waals surface area contributed by atoms with Crippen LogP contribution in [0.1, 0.15) is 31.0 Å². The summed E-state index contributed by atoms with van der Waals surface area (Å²) in [5.41, 5.74) is 2.75. The number of nitrogens with one attached hydrogen (secondary N) is 1. The lowest BCUT2D eigenvalue weighted by Crippen LogP contribution is -2.49. The molecule has 7 heteroatoms. The Bertz CT molecular complexity index is 942. The van der Waals surface area contributed by atoms with E-state index in [1.54, 1.807) is 21.0 Å². The van der Waals surface area contributed by atoms with Crippen molar-refractivity contribution in [3.63, 3.8) is 0 Å². The molecule has 1 N–H and O–H groups in total. The van der Waals surface area contributed by atoms with Crippen molar-refractivity contribution in [3.8, 4) is 5.75 Å². The SMILES string of the molecule is CCOC(=O)C1=C(C)N(CCOC)C(=O)NC1c1cccc(OCc2ccccc2)c1. The van der Waals surface area contributed by atoms with Crippen LogP contribution in [0.15, 0.2) is 65.9 Å². The Morgan fingerprint density at radius 1 is 1.13 bits per heavy atom. The molecule has 164 valence electrons. The van der Waals surface area contributed by atoms with Gasteiger partial charge in [-0.25, -0.2) is 9.59 Å². The van der Waals surface area contributed by atoms with Crippen LogP contribution in [-0.4, -0.2) is 43.8 Å². The van der Waals surface area contributed by atoms with Gasteiger partial charge < -0.3 is 19.5 Å². The third-order valence-corrected chi connectivity index (χ3v) is 5.05. The molecule has 0 bridgehead atoms. The van der Waals surface area contributed by atoms with Gasteiger partial charge in [-0.05, 0) is 37.1 Å². The number of hydrogen-bond donors (Lipinski definition) is 1. The van der Waals surface area contributed by atoms with Crippen molar-refractivity contribution in [3.05, 3.63) is 77.0 Å². The Labute approximate surface area is 182 Å². The zero-order valence-corrected chi connectivity index (χ0v) is 18.1. The molecule has 2 aromatic carbocycles. The average Bonchev–Trinajstić information content (AvgIpc) is 2.78. The molecule has 0 radical (unpaired) electrons. The molecule has 2 amide bonds. The van der Waals surface area contributed by atoms with Crippen LogP contribution < -0.4 is 10.1 Å². The highest BCUT2D eigenvalue weighted by Gasteiger charge is 2.36. The first kappa shape index (κ1) is 22.4. The van der Waals surface area contributed by atoms with E-state index in [2.05, 4.69) is 5.32 Å². The average molecular weight is 424 g/mol. The molecule has 31 heavy (non-hydrogen) atoms. The lowest BCUT2D eigenvalue weighted by atomic mass is 9.94. The van der Waals surface area contributed by atoms with Gasteiger partial charge in [-0.15, -0.1) is 0 Å². The van der Waals surface area contributed by atoms with Gasteiger partial charge in [0.05, 0.1) is 31.4 Å². The maximum absolute atomic E-state index is 12.8. The molecule has 7 nitrogen and oxygen atoms in total. The van der Waals surface area contributed by atoms with E-state index in [0.717, 1.165) is 11.1 Å². The highest BCUT2D eigenvalue weighted by molar-refractivity contribution is 5.95. The number of allylic oxidation sites excluding steroid dienone is 1. The third-order valence-electron chi connectivity index (χ3n) is 5.05. The molecule has 0 aliphatic carbocycles. The van der Waals surface area contributed by atoms with Crippen LogP contribution in [0.25, 0.3) is 0 Å². The summed E-state index contributed by atoms with van der Waals surface area (Å²) in [4.78, 5) is 27.1. The van der Waals surface area contributed by atoms with Crippen LogP contribution >= 0.6 is 0 Å². The number of amides is 2. The monoisotopic (exact) mass is 424 g/mol. The molecule has 3 rings (SSSR count). The van der Waals surface area contributed by atoms with E-state index >= 15 is 0 Å². The summed E-state index contributed by atoms with van der Waals surface area (Å²) in [5, 5.41) is 2.93. The first-order valence-corrected chi connectivity index (χ1v) is 10.3. The van der Waals surface area contributed by atoms with Gasteiger partial charge >= 0.3 is 12.0 Å². The predicted molar refractivity (Wildman–Crippen MR) is 116 cm³/mol. The minimum atomic E-state index is -0.634. The summed E-state index contributed by atoms with van der Waals surface area (Å²) in [6.07, 6.45) is 0. The van der Waals surface area contributed by atoms with Crippen molar-refractivity contribution in [2.75, 3.05) is 26.9 Å². The molecule has 0 saturated heterocycles. The number of urea groups is 1. The maximum Gasteiger partial charge on any atom is 0.338 e. The number of ether oxygens (including phenoxy) is 3. The van der Waals surface area contributed by atoms with Gasteiger partial charge in [0.2, 0.25) is 0 Å². The van der Waals surface area contributed by atoms with E-state index in [1.807, 2.05) is 54.6 Å². The fraction of sp³-hybridized carbons (Fsp3) is 0.333. The molecule has 1 aliphatic heterocycles. The summed E-state index contributed by atoms with van der Waals surface area (Å²) in [6.45, 7) is 4.87. The Morgan fingerprint density at radius 2 is 1.90 bits per heavy atom. The Hall–Kier alpha value is -3.32. The maximum atomic E-state index is 12.8. The van der Waals surface area contributed by atoms with Gasteiger partial charge in [0, 0.05) is 12.8 Å². The van der Waals surface area contributed by atoms with Crippen LogP contribution in [0.2, 0.25) is 0 Å². The number of hydrogen-bond acceptors (Lipinski definition) is 5. The lowest BCUT2D eigenvalue weighted by molar-refractivity contribution is -0.139. The fourth-order valence-corrected chi connectivity index (χ4v) is 3.48. The predicted octanol–water partition coefficient (Wildman–Crippen LogP) is 3.82. The van der Waals surface area contributed by atoms with E-state index < -0.39 is 12.0 Å². The van der Waals surface area contributed by atoms with E-state index in [0.29, 0.717) is 36.8 Å². The molecule has 2 aromatic rings. The fourth-order valence-electron chi connectivity index (χ4n) is 3.48. The second-order valence-corrected chi connectivity index (χ2v) is 7.09. The summed E-state index contributed by atoms with van der Waals surface area (Å²) < 4.78 is 16.3. The van der Waals surface area contributed by atoms with Crippen LogP contribution in [0.3, 0.4) is 0 Å². The molecule has 1 heterocycles. The zero-order chi connectivity index (χ0) is 22.2. The Kier molecular flexibility index (Phi) is 7.67. The largest absolute Gasteiger partial charge is 0.489 e. The van der Waals surface area contributed by atoms with E-state index in [1.165, 1.54) is 4.90 Å². The third kappa shape index (κ3) is 5.44. The minimum Gasteiger partial charge on any atom is -0.489 e. The Balaban J connectivity index is 1.89. The summed E-state index contributed by atoms with van der Waals surface area (Å²) in [6, 6.07) is 16.3. The van der Waals surface area contributed by atoms with Crippen molar-refractivity contribution in [2.24, 2.45) is 0 Å². The normalized spacial score (nSPS) is 16.2. The van der Waals surface area contributed by atoms with Gasteiger partial charge in [-0.3, -0.25) is 4.90 Å². The number of rotatable bonds is 9. The van der Waals surface area contributed by atoms with Crippen LogP contribution in [-0.2, 0) is 20.9 Å². The molecular weight excluding hydrogens is 396 g/mol. The molecule has 1 aliphatic rings. The van der Waals surface area contributed by atoms with E-state index in [9.17, 15) is 9.59 Å². The van der Waals surface area contributed by atoms with Crippen molar-refractivity contribution >= 4 is 12.0 Å². The second-order valence-electron chi connectivity index (χ2n) is 7.09. The molecule has 0 spiro atoms. The van der Waals surface area contributed by atoms with Crippen molar-refractivity contribution in [1.29, 1.82) is 0 Å². The second kappa shape index (κ2) is 10.6. The topological polar surface area (TPSA) is 77.1 Å². The first-order valence-electron chi connectivity index (χ1n) is 10.3. The number of esters is 1. The van der Waals surface area contributed by atoms with Gasteiger partial charge in [0.15, 0.2) is 0 Å². The molecular formula is C24H28N2O5. The van der Waals surface area contributed by atoms with Gasteiger partial charge in [0.25, 0.3) is 0 Å². The minimum absolute atomic E-state index is 0.245. The molecule has 0 saturated carbocycles. The van der Waals surface area contributed by atoms with Gasteiger partial charge in [0.1, 0.15) is 12.4 Å². The zero-order valence-electron chi connectivity index (χ0n) is 18.1. The van der Waals surface area contributed by atoms with Crippen molar-refractivity contribution < 1.29 is 23.8 Å². The van der Waals surface area contributed by atoms with Crippen LogP contribution in [0, 0.1) is 0 Å². The highest BCUT2D eigenvalue weighted by atomic mass is 16.5. The van der Waals surface area contributed by atoms with Crippen molar-refractivity contribution in [1.82, 2.24) is 10.2 Å². The lowest BCUT2D eigenvalue weighted by Gasteiger charge is -2.35. The summed E-state index contributed by atoms with van der Waals surface area (Å²) >= 11 is 0. The highest BCUT2D eigenvalue weighted by Crippen LogP contribution is 2.32. The van der Waals surface area contributed by atoms with Crippen molar-refractivity contribution in [2.45, 2.75) is 26.5 Å². The number of carbonyl (C=O) groups excluding carboxylic acids is 2. The summed E-state index contributed by atoms with van der Waals surface area (Å²) in [7, 11) is 1.57. The van der Waals surface area contributed by atoms with Crippen LogP contribution in [0.4, 0.5) is 4.79 Å². The van der Waals surface area contributed by atoms with E-state index in [-0.39, 0.29) is 12.6 Å². The Morgan fingerprint density at radius 3 is 2.61 bits per heavy atom. The standard InChI is InChI=1S/C24H28N2O5/c1-4-30-23(27)21-17(2)26(13-14-29-3)24(28)25-22(21)19-11-8-12-20(15-19)31-16-18-9-6-5-7-10-18/h5-12,15,22H,4,13-14,16H2,1-3H3,(H,25,28).